The summed E-state index contributed by atoms with van der Waals surface area (Å²) in [6, 6.07) is 15.5. The van der Waals surface area contributed by atoms with Gasteiger partial charge < -0.3 is 15.8 Å². The number of benzene rings is 2. The van der Waals surface area contributed by atoms with Crippen molar-refractivity contribution >= 4 is 39.9 Å². The lowest BCUT2D eigenvalue weighted by molar-refractivity contribution is -0.117. The second kappa shape index (κ2) is 8.51. The van der Waals surface area contributed by atoms with Gasteiger partial charge in [0.15, 0.2) is 0 Å². The predicted molar refractivity (Wildman–Crippen MR) is 102 cm³/mol. The van der Waals surface area contributed by atoms with E-state index in [2.05, 4.69) is 33.4 Å². The lowest BCUT2D eigenvalue weighted by Crippen LogP contribution is -2.14. The highest BCUT2D eigenvalue weighted by Gasteiger charge is 2.43. The fourth-order valence-electron chi connectivity index (χ4n) is 2.64. The van der Waals surface area contributed by atoms with Crippen molar-refractivity contribution in [1.29, 1.82) is 0 Å². The standard InChI is InChI=1S/C18H19BrN2O2.ClH/c19-13-3-1-2-12(10-13)16-11-17(16)18(22)21-14-4-6-15(7-5-14)23-9-8-20;/h1-7,10,16-17H,8-9,11,20H2,(H,21,22);1H. The quantitative estimate of drug-likeness (QED) is 0.756. The van der Waals surface area contributed by atoms with Crippen LogP contribution in [0.4, 0.5) is 5.69 Å². The number of carbonyl (C=O) groups is 1. The first kappa shape index (κ1) is 18.8. The summed E-state index contributed by atoms with van der Waals surface area (Å²) in [5.41, 5.74) is 7.40. The highest BCUT2D eigenvalue weighted by molar-refractivity contribution is 9.10. The van der Waals surface area contributed by atoms with Crippen LogP contribution in [0.25, 0.3) is 0 Å². The fourth-order valence-corrected chi connectivity index (χ4v) is 3.05. The predicted octanol–water partition coefficient (Wildman–Crippen LogP) is 3.95. The molecule has 1 amide bonds. The van der Waals surface area contributed by atoms with Gasteiger partial charge in [-0.25, -0.2) is 0 Å². The van der Waals surface area contributed by atoms with Crippen LogP contribution >= 0.6 is 28.3 Å². The normalized spacial score (nSPS) is 18.4. The van der Waals surface area contributed by atoms with E-state index in [0.29, 0.717) is 19.1 Å². The molecule has 0 spiro atoms. The van der Waals surface area contributed by atoms with Gasteiger partial charge in [-0.3, -0.25) is 4.79 Å². The van der Waals surface area contributed by atoms with Crippen molar-refractivity contribution in [3.8, 4) is 5.75 Å². The number of ether oxygens (including phenoxy) is 1. The molecule has 1 aliphatic carbocycles. The van der Waals surface area contributed by atoms with Gasteiger partial charge >= 0.3 is 0 Å². The zero-order valence-electron chi connectivity index (χ0n) is 13.1. The van der Waals surface area contributed by atoms with Gasteiger partial charge in [0.1, 0.15) is 12.4 Å². The van der Waals surface area contributed by atoms with Crippen LogP contribution < -0.4 is 15.8 Å². The first-order chi connectivity index (χ1) is 11.2. The summed E-state index contributed by atoms with van der Waals surface area (Å²) in [5.74, 6) is 1.20. The van der Waals surface area contributed by atoms with Crippen molar-refractivity contribution in [2.75, 3.05) is 18.5 Å². The smallest absolute Gasteiger partial charge is 0.228 e. The zero-order valence-corrected chi connectivity index (χ0v) is 15.5. The molecule has 0 aromatic heterocycles. The maximum atomic E-state index is 12.3. The van der Waals surface area contributed by atoms with Crippen LogP contribution in [0.2, 0.25) is 0 Å². The van der Waals surface area contributed by atoms with Crippen molar-refractivity contribution in [3.63, 3.8) is 0 Å². The van der Waals surface area contributed by atoms with Gasteiger partial charge in [-0.1, -0.05) is 28.1 Å². The molecular formula is C18H20BrClN2O2. The third-order valence-electron chi connectivity index (χ3n) is 3.91. The molecule has 4 nitrogen and oxygen atoms in total. The highest BCUT2D eigenvalue weighted by atomic mass is 79.9. The lowest BCUT2D eigenvalue weighted by Gasteiger charge is -2.08. The van der Waals surface area contributed by atoms with E-state index in [9.17, 15) is 4.79 Å². The maximum absolute atomic E-state index is 12.3. The first-order valence-electron chi connectivity index (χ1n) is 7.66. The molecule has 2 aromatic carbocycles. The van der Waals surface area contributed by atoms with Crippen LogP contribution in [-0.4, -0.2) is 19.1 Å². The van der Waals surface area contributed by atoms with Crippen LogP contribution in [0.5, 0.6) is 5.75 Å². The SMILES string of the molecule is Cl.NCCOc1ccc(NC(=O)C2CC2c2cccc(Br)c2)cc1. The Bertz CT molecular complexity index is 694. The summed E-state index contributed by atoms with van der Waals surface area (Å²) in [4.78, 5) is 12.3. The average Bonchev–Trinajstić information content (AvgIpc) is 3.35. The Morgan fingerprint density at radius 2 is 2.00 bits per heavy atom. The summed E-state index contributed by atoms with van der Waals surface area (Å²) >= 11 is 3.47. The number of rotatable bonds is 6. The average molecular weight is 412 g/mol. The molecule has 2 atom stereocenters. The van der Waals surface area contributed by atoms with Gasteiger partial charge in [0, 0.05) is 22.6 Å². The Hall–Kier alpha value is -1.56. The van der Waals surface area contributed by atoms with E-state index in [-0.39, 0.29) is 24.2 Å². The summed E-state index contributed by atoms with van der Waals surface area (Å²) in [6.45, 7) is 0.971. The van der Waals surface area contributed by atoms with E-state index in [1.165, 1.54) is 5.56 Å². The molecule has 24 heavy (non-hydrogen) atoms. The zero-order chi connectivity index (χ0) is 16.2. The van der Waals surface area contributed by atoms with E-state index in [0.717, 1.165) is 22.3 Å². The number of hydrogen-bond donors (Lipinski definition) is 2. The monoisotopic (exact) mass is 410 g/mol. The first-order valence-corrected chi connectivity index (χ1v) is 8.46. The Morgan fingerprint density at radius 3 is 2.67 bits per heavy atom. The number of nitrogens with two attached hydrogens (primary N) is 1. The molecule has 3 N–H and O–H groups in total. The second-order valence-corrected chi connectivity index (χ2v) is 6.57. The fraction of sp³-hybridized carbons (Fsp3) is 0.278. The van der Waals surface area contributed by atoms with Crippen molar-refractivity contribution in [1.82, 2.24) is 0 Å². The van der Waals surface area contributed by atoms with Gasteiger partial charge in [-0.15, -0.1) is 12.4 Å². The Morgan fingerprint density at radius 1 is 1.25 bits per heavy atom. The van der Waals surface area contributed by atoms with Gasteiger partial charge in [-0.2, -0.15) is 0 Å². The minimum atomic E-state index is 0. The Labute approximate surface area is 156 Å². The summed E-state index contributed by atoms with van der Waals surface area (Å²) in [7, 11) is 0. The number of amides is 1. The summed E-state index contributed by atoms with van der Waals surface area (Å²) < 4.78 is 6.47. The summed E-state index contributed by atoms with van der Waals surface area (Å²) in [6.07, 6.45) is 0.903. The number of carbonyl (C=O) groups excluding carboxylic acids is 1. The lowest BCUT2D eigenvalue weighted by atomic mass is 10.1. The largest absolute Gasteiger partial charge is 0.492 e. The van der Waals surface area contributed by atoms with Gasteiger partial charge in [0.2, 0.25) is 5.91 Å². The number of hydrogen-bond acceptors (Lipinski definition) is 3. The number of nitrogens with one attached hydrogen (secondary N) is 1. The van der Waals surface area contributed by atoms with Crippen LogP contribution in [0.1, 0.15) is 17.9 Å². The van der Waals surface area contributed by atoms with Gasteiger partial charge in [-0.05, 0) is 54.3 Å². The van der Waals surface area contributed by atoms with E-state index in [1.807, 2.05) is 36.4 Å². The van der Waals surface area contributed by atoms with Crippen molar-refractivity contribution < 1.29 is 9.53 Å². The molecular weight excluding hydrogens is 392 g/mol. The van der Waals surface area contributed by atoms with Gasteiger partial charge in [0.25, 0.3) is 0 Å². The van der Waals surface area contributed by atoms with Crippen LogP contribution in [0.15, 0.2) is 53.0 Å². The molecule has 3 rings (SSSR count). The molecule has 1 aliphatic rings. The van der Waals surface area contributed by atoms with Crippen molar-refractivity contribution in [2.45, 2.75) is 12.3 Å². The summed E-state index contributed by atoms with van der Waals surface area (Å²) in [5, 5.41) is 2.97. The molecule has 0 aliphatic heterocycles. The van der Waals surface area contributed by atoms with Crippen LogP contribution in [0.3, 0.4) is 0 Å². The second-order valence-electron chi connectivity index (χ2n) is 5.65. The maximum Gasteiger partial charge on any atom is 0.228 e. The van der Waals surface area contributed by atoms with Crippen molar-refractivity contribution in [2.24, 2.45) is 11.7 Å². The third kappa shape index (κ3) is 4.72. The van der Waals surface area contributed by atoms with Gasteiger partial charge in [0.05, 0.1) is 0 Å². The molecule has 0 bridgehead atoms. The third-order valence-corrected chi connectivity index (χ3v) is 4.41. The molecule has 2 unspecified atom stereocenters. The van der Waals surface area contributed by atoms with E-state index < -0.39 is 0 Å². The molecule has 2 aromatic rings. The molecule has 0 saturated heterocycles. The van der Waals surface area contributed by atoms with E-state index >= 15 is 0 Å². The Kier molecular flexibility index (Phi) is 6.66. The molecule has 0 radical (unpaired) electrons. The van der Waals surface area contributed by atoms with Crippen LogP contribution in [-0.2, 0) is 4.79 Å². The molecule has 1 saturated carbocycles. The minimum absolute atomic E-state index is 0. The number of halogens is 2. The van der Waals surface area contributed by atoms with E-state index in [4.69, 9.17) is 10.5 Å². The molecule has 1 fully saturated rings. The topological polar surface area (TPSA) is 64.3 Å². The number of anilines is 1. The molecule has 0 heterocycles. The van der Waals surface area contributed by atoms with Crippen molar-refractivity contribution in [3.05, 3.63) is 58.6 Å². The molecule has 6 heteroatoms. The Balaban J connectivity index is 0.00000208. The molecule has 128 valence electrons. The van der Waals surface area contributed by atoms with E-state index in [1.54, 1.807) is 0 Å². The highest BCUT2D eigenvalue weighted by Crippen LogP contribution is 2.48. The minimum Gasteiger partial charge on any atom is -0.492 e. The van der Waals surface area contributed by atoms with Crippen LogP contribution in [0, 0.1) is 5.92 Å².